The van der Waals surface area contributed by atoms with E-state index in [1.165, 1.54) is 4.68 Å². The number of carbonyl (C=O) groups excluding carboxylic acids is 3. The highest BCUT2D eigenvalue weighted by Gasteiger charge is 2.27. The van der Waals surface area contributed by atoms with Crippen LogP contribution in [-0.2, 0) is 29.6 Å². The number of aromatic nitrogens is 5. The molecule has 0 spiro atoms. The quantitative estimate of drug-likeness (QED) is 0.392. The SMILES string of the molecule is Cn1cc(C(=O)NC(Cc2ccccc2)C(=O)C(N)=O)c(Cn2ncc3cnccc32)n1. The van der Waals surface area contributed by atoms with Crippen LogP contribution >= 0.6 is 0 Å². The Bertz CT molecular complexity index is 1290. The number of hydrogen-bond acceptors (Lipinski definition) is 6. The molecular formula is C22H21N7O3. The van der Waals surface area contributed by atoms with Gasteiger partial charge < -0.3 is 11.1 Å². The Hall–Kier alpha value is -4.34. The third-order valence-corrected chi connectivity index (χ3v) is 5.04. The number of nitrogens with zero attached hydrogens (tertiary/aromatic N) is 5. The molecule has 1 aromatic carbocycles. The largest absolute Gasteiger partial charge is 0.363 e. The zero-order chi connectivity index (χ0) is 22.7. The predicted octanol–water partition coefficient (Wildman–Crippen LogP) is 0.609. The molecule has 1 unspecified atom stereocenters. The van der Waals surface area contributed by atoms with Crippen molar-refractivity contribution in [3.63, 3.8) is 0 Å². The molecule has 2 amide bonds. The molecule has 4 aromatic rings. The van der Waals surface area contributed by atoms with Crippen LogP contribution in [0.15, 0.2) is 61.2 Å². The third-order valence-electron chi connectivity index (χ3n) is 5.04. The summed E-state index contributed by atoms with van der Waals surface area (Å²) in [6.07, 6.45) is 6.75. The molecule has 0 saturated carbocycles. The number of aryl methyl sites for hydroxylation is 1. The Morgan fingerprint density at radius 3 is 2.66 bits per heavy atom. The molecule has 0 aliphatic carbocycles. The first-order valence-corrected chi connectivity index (χ1v) is 9.89. The average Bonchev–Trinajstić information content (AvgIpc) is 3.37. The number of pyridine rings is 1. The van der Waals surface area contributed by atoms with Gasteiger partial charge in [-0.1, -0.05) is 30.3 Å². The lowest BCUT2D eigenvalue weighted by molar-refractivity contribution is -0.137. The van der Waals surface area contributed by atoms with Gasteiger partial charge in [-0.05, 0) is 11.6 Å². The molecule has 3 N–H and O–H groups in total. The number of benzene rings is 1. The number of carbonyl (C=O) groups is 3. The first-order chi connectivity index (χ1) is 15.4. The second kappa shape index (κ2) is 8.80. The van der Waals surface area contributed by atoms with Gasteiger partial charge in [0.05, 0.1) is 29.5 Å². The molecule has 0 bridgehead atoms. The van der Waals surface area contributed by atoms with E-state index < -0.39 is 23.6 Å². The van der Waals surface area contributed by atoms with Gasteiger partial charge in [0, 0.05) is 37.4 Å². The highest BCUT2D eigenvalue weighted by Crippen LogP contribution is 2.15. The van der Waals surface area contributed by atoms with Gasteiger partial charge in [-0.25, -0.2) is 0 Å². The van der Waals surface area contributed by atoms with Crippen molar-refractivity contribution >= 4 is 28.5 Å². The normalized spacial score (nSPS) is 11.9. The number of nitrogens with two attached hydrogens (primary N) is 1. The van der Waals surface area contributed by atoms with E-state index in [0.29, 0.717) is 5.69 Å². The summed E-state index contributed by atoms with van der Waals surface area (Å²) in [6, 6.07) is 9.81. The standard InChI is InChI=1S/C22H21N7O3/c1-28-12-16(18(27-28)13-29-19-7-8-24-10-15(19)11-25-29)22(32)26-17(20(30)21(23)31)9-14-5-3-2-4-6-14/h2-8,10-12,17H,9,13H2,1H3,(H2,23,31)(H,26,32). The van der Waals surface area contributed by atoms with E-state index in [1.807, 2.05) is 24.3 Å². The summed E-state index contributed by atoms with van der Waals surface area (Å²) in [5, 5.41) is 12.3. The van der Waals surface area contributed by atoms with Gasteiger partial charge in [0.15, 0.2) is 0 Å². The van der Waals surface area contributed by atoms with Gasteiger partial charge in [-0.3, -0.25) is 28.7 Å². The Labute approximate surface area is 183 Å². The number of nitrogens with one attached hydrogen (secondary N) is 1. The van der Waals surface area contributed by atoms with E-state index >= 15 is 0 Å². The summed E-state index contributed by atoms with van der Waals surface area (Å²) >= 11 is 0. The van der Waals surface area contributed by atoms with E-state index in [2.05, 4.69) is 20.5 Å². The molecule has 1 atom stereocenters. The number of Topliss-reactive ketones (excluding diaryl/α,β-unsaturated/α-hetero) is 1. The van der Waals surface area contributed by atoms with Crippen molar-refractivity contribution in [2.24, 2.45) is 12.8 Å². The molecule has 0 saturated heterocycles. The number of rotatable bonds is 8. The number of primary amides is 1. The molecular weight excluding hydrogens is 410 g/mol. The highest BCUT2D eigenvalue weighted by atomic mass is 16.2. The summed E-state index contributed by atoms with van der Waals surface area (Å²) in [5.41, 5.74) is 7.59. The van der Waals surface area contributed by atoms with Crippen LogP contribution in [0.5, 0.6) is 0 Å². The number of amides is 2. The lowest BCUT2D eigenvalue weighted by Crippen LogP contribution is -2.47. The van der Waals surface area contributed by atoms with Crippen LogP contribution in [0.3, 0.4) is 0 Å². The lowest BCUT2D eigenvalue weighted by Gasteiger charge is -2.16. The van der Waals surface area contributed by atoms with Gasteiger partial charge in [0.1, 0.15) is 6.04 Å². The van der Waals surface area contributed by atoms with Crippen LogP contribution in [0.25, 0.3) is 10.9 Å². The molecule has 32 heavy (non-hydrogen) atoms. The first kappa shape index (κ1) is 20.9. The number of hydrogen-bond donors (Lipinski definition) is 2. The van der Waals surface area contributed by atoms with E-state index in [-0.39, 0.29) is 18.5 Å². The maximum atomic E-state index is 13.1. The van der Waals surface area contributed by atoms with Gasteiger partial charge in [-0.15, -0.1) is 0 Å². The van der Waals surface area contributed by atoms with Crippen molar-refractivity contribution in [3.05, 3.63) is 78.0 Å². The molecule has 10 heteroatoms. The van der Waals surface area contributed by atoms with Gasteiger partial charge >= 0.3 is 0 Å². The minimum atomic E-state index is -1.10. The minimum absolute atomic E-state index is 0.140. The molecule has 0 aliphatic heterocycles. The van der Waals surface area contributed by atoms with E-state index in [0.717, 1.165) is 16.5 Å². The minimum Gasteiger partial charge on any atom is -0.363 e. The van der Waals surface area contributed by atoms with Gasteiger partial charge in [0.25, 0.3) is 11.8 Å². The molecule has 4 rings (SSSR count). The topological polar surface area (TPSA) is 138 Å². The van der Waals surface area contributed by atoms with Gasteiger partial charge in [-0.2, -0.15) is 10.2 Å². The predicted molar refractivity (Wildman–Crippen MR) is 115 cm³/mol. The van der Waals surface area contributed by atoms with Crippen molar-refractivity contribution in [1.29, 1.82) is 0 Å². The van der Waals surface area contributed by atoms with Crippen molar-refractivity contribution in [2.75, 3.05) is 0 Å². The summed E-state index contributed by atoms with van der Waals surface area (Å²) in [4.78, 5) is 41.1. The second-order valence-electron chi connectivity index (χ2n) is 7.34. The van der Waals surface area contributed by atoms with Crippen LogP contribution in [0.4, 0.5) is 0 Å². The fourth-order valence-corrected chi connectivity index (χ4v) is 3.50. The van der Waals surface area contributed by atoms with Crippen molar-refractivity contribution < 1.29 is 14.4 Å². The van der Waals surface area contributed by atoms with Crippen LogP contribution in [0.2, 0.25) is 0 Å². The monoisotopic (exact) mass is 431 g/mol. The average molecular weight is 431 g/mol. The van der Waals surface area contributed by atoms with Crippen LogP contribution < -0.4 is 11.1 Å². The van der Waals surface area contributed by atoms with Crippen LogP contribution in [0.1, 0.15) is 21.6 Å². The smallest absolute Gasteiger partial charge is 0.287 e. The van der Waals surface area contributed by atoms with E-state index in [1.54, 1.807) is 48.6 Å². The molecule has 10 nitrogen and oxygen atoms in total. The van der Waals surface area contributed by atoms with Crippen LogP contribution in [-0.4, -0.2) is 48.2 Å². The summed E-state index contributed by atoms with van der Waals surface area (Å²) in [7, 11) is 1.70. The van der Waals surface area contributed by atoms with Crippen molar-refractivity contribution in [3.8, 4) is 0 Å². The fraction of sp³-hybridized carbons (Fsp3) is 0.182. The Kier molecular flexibility index (Phi) is 5.75. The summed E-state index contributed by atoms with van der Waals surface area (Å²) in [6.45, 7) is 0.240. The molecule has 0 fully saturated rings. The third kappa shape index (κ3) is 4.38. The molecule has 3 heterocycles. The molecule has 162 valence electrons. The Morgan fingerprint density at radius 2 is 1.91 bits per heavy atom. The van der Waals surface area contributed by atoms with Gasteiger partial charge in [0.2, 0.25) is 5.78 Å². The maximum Gasteiger partial charge on any atom is 0.287 e. The molecule has 0 radical (unpaired) electrons. The second-order valence-corrected chi connectivity index (χ2v) is 7.34. The van der Waals surface area contributed by atoms with E-state index in [4.69, 9.17) is 5.73 Å². The lowest BCUT2D eigenvalue weighted by atomic mass is 10.0. The Morgan fingerprint density at radius 1 is 1.12 bits per heavy atom. The Balaban J connectivity index is 1.59. The number of fused-ring (bicyclic) bond motifs is 1. The van der Waals surface area contributed by atoms with E-state index in [9.17, 15) is 14.4 Å². The summed E-state index contributed by atoms with van der Waals surface area (Å²) < 4.78 is 3.23. The fourth-order valence-electron chi connectivity index (χ4n) is 3.50. The molecule has 0 aliphatic rings. The van der Waals surface area contributed by atoms with Crippen molar-refractivity contribution in [2.45, 2.75) is 19.0 Å². The zero-order valence-corrected chi connectivity index (χ0v) is 17.3. The first-order valence-electron chi connectivity index (χ1n) is 9.89. The summed E-state index contributed by atoms with van der Waals surface area (Å²) in [5.74, 6) is -2.49. The van der Waals surface area contributed by atoms with Crippen LogP contribution in [0, 0.1) is 0 Å². The highest BCUT2D eigenvalue weighted by molar-refractivity contribution is 6.38. The maximum absolute atomic E-state index is 13.1. The number of ketones is 1. The van der Waals surface area contributed by atoms with Crippen molar-refractivity contribution in [1.82, 2.24) is 29.9 Å². The molecule has 3 aromatic heterocycles. The zero-order valence-electron chi connectivity index (χ0n) is 17.3.